The zero-order valence-corrected chi connectivity index (χ0v) is 8.97. The predicted molar refractivity (Wildman–Crippen MR) is 58.7 cm³/mol. The van der Waals surface area contributed by atoms with Crippen LogP contribution in [-0.2, 0) is 6.42 Å². The minimum absolute atomic E-state index is 0.544. The molecule has 2 rings (SSSR count). The number of rotatable bonds is 1. The van der Waals surface area contributed by atoms with E-state index in [0.717, 1.165) is 17.3 Å². The third-order valence-corrected chi connectivity index (χ3v) is 2.80. The van der Waals surface area contributed by atoms with Gasteiger partial charge in [-0.1, -0.05) is 24.6 Å². The van der Waals surface area contributed by atoms with Gasteiger partial charge in [0.25, 0.3) is 0 Å². The minimum atomic E-state index is 0.544. The van der Waals surface area contributed by atoms with Crippen molar-refractivity contribution < 1.29 is 0 Å². The van der Waals surface area contributed by atoms with Crippen molar-refractivity contribution in [1.29, 1.82) is 0 Å². The normalized spacial score (nSPS) is 10.8. The molecule has 1 heterocycles. The van der Waals surface area contributed by atoms with E-state index in [4.69, 9.17) is 11.6 Å². The van der Waals surface area contributed by atoms with Crippen LogP contribution in [0.1, 0.15) is 18.1 Å². The number of benzene rings is 1. The van der Waals surface area contributed by atoms with Crippen LogP contribution in [-0.4, -0.2) is 9.97 Å². The Hall–Kier alpha value is -1.15. The molecule has 1 aromatic heterocycles. The van der Waals surface area contributed by atoms with Crippen molar-refractivity contribution in [1.82, 2.24) is 9.97 Å². The van der Waals surface area contributed by atoms with Crippen molar-refractivity contribution in [2.45, 2.75) is 20.3 Å². The van der Waals surface area contributed by atoms with Crippen molar-refractivity contribution >= 4 is 22.5 Å². The third-order valence-electron chi connectivity index (χ3n) is 2.51. The Morgan fingerprint density at radius 3 is 2.79 bits per heavy atom. The zero-order valence-electron chi connectivity index (χ0n) is 8.21. The van der Waals surface area contributed by atoms with Crippen molar-refractivity contribution in [3.05, 3.63) is 34.7 Å². The number of nitrogens with zero attached hydrogens (tertiary/aromatic N) is 2. The summed E-state index contributed by atoms with van der Waals surface area (Å²) in [5.41, 5.74) is 3.41. The molecule has 0 spiro atoms. The van der Waals surface area contributed by atoms with E-state index in [9.17, 15) is 0 Å². The molecular weight excluding hydrogens is 196 g/mol. The molecule has 0 fully saturated rings. The standard InChI is InChI=1S/C11H11ClN2/c1-3-8-4-5-9-10(7(8)2)11(12)14-6-13-9/h4-6H,3H2,1-2H3. The second-order valence-electron chi connectivity index (χ2n) is 3.26. The largest absolute Gasteiger partial charge is 0.236 e. The van der Waals surface area contributed by atoms with Gasteiger partial charge in [-0.05, 0) is 30.5 Å². The Balaban J connectivity index is 2.86. The average molecular weight is 207 g/mol. The van der Waals surface area contributed by atoms with Crippen LogP contribution in [0.3, 0.4) is 0 Å². The summed E-state index contributed by atoms with van der Waals surface area (Å²) in [6.45, 7) is 4.20. The SMILES string of the molecule is CCc1ccc2ncnc(Cl)c2c1C. The summed E-state index contributed by atoms with van der Waals surface area (Å²) in [5.74, 6) is 0. The number of halogens is 1. The molecule has 1 aromatic carbocycles. The summed E-state index contributed by atoms with van der Waals surface area (Å²) in [7, 11) is 0. The molecule has 0 N–H and O–H groups in total. The number of aryl methyl sites for hydroxylation is 2. The second kappa shape index (κ2) is 3.54. The molecule has 0 saturated carbocycles. The van der Waals surface area contributed by atoms with Crippen LogP contribution >= 0.6 is 11.6 Å². The van der Waals surface area contributed by atoms with Crippen LogP contribution in [0.15, 0.2) is 18.5 Å². The van der Waals surface area contributed by atoms with Gasteiger partial charge >= 0.3 is 0 Å². The van der Waals surface area contributed by atoms with E-state index >= 15 is 0 Å². The molecule has 14 heavy (non-hydrogen) atoms. The van der Waals surface area contributed by atoms with Crippen molar-refractivity contribution in [2.24, 2.45) is 0 Å². The number of fused-ring (bicyclic) bond motifs is 1. The predicted octanol–water partition coefficient (Wildman–Crippen LogP) is 3.15. The van der Waals surface area contributed by atoms with Gasteiger partial charge in [0, 0.05) is 5.39 Å². The highest BCUT2D eigenvalue weighted by Crippen LogP contribution is 2.25. The van der Waals surface area contributed by atoms with Crippen LogP contribution in [0, 0.1) is 6.92 Å². The Bertz CT molecular complexity index is 480. The van der Waals surface area contributed by atoms with Crippen molar-refractivity contribution in [3.8, 4) is 0 Å². The molecule has 0 radical (unpaired) electrons. The highest BCUT2D eigenvalue weighted by Gasteiger charge is 2.06. The summed E-state index contributed by atoms with van der Waals surface area (Å²) in [6, 6.07) is 4.09. The molecule has 0 saturated heterocycles. The first-order valence-corrected chi connectivity index (χ1v) is 5.00. The van der Waals surface area contributed by atoms with Gasteiger partial charge in [-0.15, -0.1) is 0 Å². The van der Waals surface area contributed by atoms with Crippen LogP contribution in [0.4, 0.5) is 0 Å². The highest BCUT2D eigenvalue weighted by atomic mass is 35.5. The summed E-state index contributed by atoms with van der Waals surface area (Å²) >= 11 is 6.04. The van der Waals surface area contributed by atoms with Crippen molar-refractivity contribution in [3.63, 3.8) is 0 Å². The molecule has 72 valence electrons. The van der Waals surface area contributed by atoms with Crippen LogP contribution in [0.5, 0.6) is 0 Å². The maximum atomic E-state index is 6.04. The Morgan fingerprint density at radius 2 is 2.07 bits per heavy atom. The fourth-order valence-electron chi connectivity index (χ4n) is 1.70. The quantitative estimate of drug-likeness (QED) is 0.670. The molecule has 0 amide bonds. The average Bonchev–Trinajstić information content (AvgIpc) is 2.18. The highest BCUT2D eigenvalue weighted by molar-refractivity contribution is 6.34. The van der Waals surface area contributed by atoms with Gasteiger partial charge in [-0.2, -0.15) is 0 Å². The second-order valence-corrected chi connectivity index (χ2v) is 3.62. The van der Waals surface area contributed by atoms with Gasteiger partial charge in [-0.25, -0.2) is 9.97 Å². The monoisotopic (exact) mass is 206 g/mol. The summed E-state index contributed by atoms with van der Waals surface area (Å²) in [6.07, 6.45) is 2.50. The smallest absolute Gasteiger partial charge is 0.140 e. The number of hydrogen-bond donors (Lipinski definition) is 0. The lowest BCUT2D eigenvalue weighted by Gasteiger charge is -2.07. The Morgan fingerprint density at radius 1 is 1.29 bits per heavy atom. The Kier molecular flexibility index (Phi) is 2.38. The van der Waals surface area contributed by atoms with Crippen LogP contribution in [0.25, 0.3) is 10.9 Å². The Labute approximate surface area is 88.0 Å². The van der Waals surface area contributed by atoms with E-state index in [1.54, 1.807) is 0 Å². The lowest BCUT2D eigenvalue weighted by molar-refractivity contribution is 1.11. The third kappa shape index (κ3) is 1.36. The molecule has 2 aromatic rings. The molecule has 0 atom stereocenters. The van der Waals surface area contributed by atoms with Gasteiger partial charge in [0.15, 0.2) is 0 Å². The van der Waals surface area contributed by atoms with E-state index in [1.807, 2.05) is 6.07 Å². The van der Waals surface area contributed by atoms with E-state index in [-0.39, 0.29) is 0 Å². The molecule has 0 bridgehead atoms. The van der Waals surface area contributed by atoms with Gasteiger partial charge in [0.1, 0.15) is 11.5 Å². The van der Waals surface area contributed by atoms with E-state index in [1.165, 1.54) is 17.5 Å². The molecule has 0 aliphatic rings. The fraction of sp³-hybridized carbons (Fsp3) is 0.273. The molecule has 0 aliphatic heterocycles. The van der Waals surface area contributed by atoms with E-state index < -0.39 is 0 Å². The zero-order chi connectivity index (χ0) is 10.1. The van der Waals surface area contributed by atoms with Crippen molar-refractivity contribution in [2.75, 3.05) is 0 Å². The first-order chi connectivity index (χ1) is 6.74. The van der Waals surface area contributed by atoms with Gasteiger partial charge in [0.2, 0.25) is 0 Å². The van der Waals surface area contributed by atoms with E-state index in [2.05, 4.69) is 29.9 Å². The molecule has 3 heteroatoms. The summed E-state index contributed by atoms with van der Waals surface area (Å²) in [5, 5.41) is 1.52. The topological polar surface area (TPSA) is 25.8 Å². The summed E-state index contributed by atoms with van der Waals surface area (Å²) < 4.78 is 0. The molecule has 0 aliphatic carbocycles. The number of aromatic nitrogens is 2. The fourth-order valence-corrected chi connectivity index (χ4v) is 1.98. The summed E-state index contributed by atoms with van der Waals surface area (Å²) in [4.78, 5) is 8.18. The molecular formula is C11H11ClN2. The first kappa shape index (κ1) is 9.41. The van der Waals surface area contributed by atoms with Gasteiger partial charge in [-0.3, -0.25) is 0 Å². The number of hydrogen-bond acceptors (Lipinski definition) is 2. The van der Waals surface area contributed by atoms with Gasteiger partial charge in [0.05, 0.1) is 5.52 Å². The maximum Gasteiger partial charge on any atom is 0.140 e. The lowest BCUT2D eigenvalue weighted by Crippen LogP contribution is -1.92. The van der Waals surface area contributed by atoms with Gasteiger partial charge < -0.3 is 0 Å². The minimum Gasteiger partial charge on any atom is -0.236 e. The van der Waals surface area contributed by atoms with Crippen LogP contribution < -0.4 is 0 Å². The molecule has 0 unspecified atom stereocenters. The molecule has 2 nitrogen and oxygen atoms in total. The van der Waals surface area contributed by atoms with Crippen LogP contribution in [0.2, 0.25) is 5.15 Å². The first-order valence-electron chi connectivity index (χ1n) is 4.62. The maximum absolute atomic E-state index is 6.04. The lowest BCUT2D eigenvalue weighted by atomic mass is 10.0. The van der Waals surface area contributed by atoms with E-state index in [0.29, 0.717) is 5.15 Å².